The zero-order valence-corrected chi connectivity index (χ0v) is 12.7. The molecule has 110 valence electrons. The van der Waals surface area contributed by atoms with Crippen molar-refractivity contribution in [3.63, 3.8) is 0 Å². The molecular formula is C16H22ClFN2. The molecule has 0 aromatic heterocycles. The zero-order valence-electron chi connectivity index (χ0n) is 12.0. The second-order valence-electron chi connectivity index (χ2n) is 6.07. The van der Waals surface area contributed by atoms with Gasteiger partial charge in [0.15, 0.2) is 0 Å². The van der Waals surface area contributed by atoms with E-state index in [1.54, 1.807) is 12.1 Å². The summed E-state index contributed by atoms with van der Waals surface area (Å²) in [4.78, 5) is 2.40. The zero-order chi connectivity index (χ0) is 14.1. The van der Waals surface area contributed by atoms with Gasteiger partial charge < -0.3 is 5.32 Å². The van der Waals surface area contributed by atoms with Gasteiger partial charge in [0.2, 0.25) is 0 Å². The average molecular weight is 297 g/mol. The molecule has 1 atom stereocenters. The Morgan fingerprint density at radius 3 is 2.70 bits per heavy atom. The number of nitrogens with one attached hydrogen (secondary N) is 1. The van der Waals surface area contributed by atoms with E-state index in [-0.39, 0.29) is 11.9 Å². The Bertz CT molecular complexity index is 482. The SMILES string of the molecule is Cc1ccc(F)c([C@H](CC2CC2)N2CCNCC2)c1Cl. The van der Waals surface area contributed by atoms with Crippen LogP contribution in [0.1, 0.15) is 36.4 Å². The highest BCUT2D eigenvalue weighted by molar-refractivity contribution is 6.32. The van der Waals surface area contributed by atoms with Crippen molar-refractivity contribution in [2.75, 3.05) is 26.2 Å². The van der Waals surface area contributed by atoms with Crippen molar-refractivity contribution in [1.29, 1.82) is 0 Å². The van der Waals surface area contributed by atoms with Crippen LogP contribution < -0.4 is 5.32 Å². The first-order chi connectivity index (χ1) is 9.66. The quantitative estimate of drug-likeness (QED) is 0.914. The summed E-state index contributed by atoms with van der Waals surface area (Å²) in [6.45, 7) is 5.86. The van der Waals surface area contributed by atoms with E-state index in [2.05, 4.69) is 10.2 Å². The predicted octanol–water partition coefficient (Wildman–Crippen LogP) is 3.53. The molecule has 1 aromatic carbocycles. The third-order valence-electron chi connectivity index (χ3n) is 4.50. The molecule has 1 aromatic rings. The van der Waals surface area contributed by atoms with Crippen LogP contribution in [0.2, 0.25) is 5.02 Å². The maximum Gasteiger partial charge on any atom is 0.129 e. The summed E-state index contributed by atoms with van der Waals surface area (Å²) < 4.78 is 14.4. The van der Waals surface area contributed by atoms with Crippen LogP contribution >= 0.6 is 11.6 Å². The van der Waals surface area contributed by atoms with Gasteiger partial charge in [-0.05, 0) is 30.9 Å². The lowest BCUT2D eigenvalue weighted by molar-refractivity contribution is 0.157. The first-order valence-electron chi connectivity index (χ1n) is 7.56. The second-order valence-corrected chi connectivity index (χ2v) is 6.45. The van der Waals surface area contributed by atoms with Crippen LogP contribution in [-0.4, -0.2) is 31.1 Å². The molecule has 0 spiro atoms. The van der Waals surface area contributed by atoms with E-state index < -0.39 is 0 Å². The Hall–Kier alpha value is -0.640. The Labute approximate surface area is 125 Å². The third-order valence-corrected chi connectivity index (χ3v) is 5.00. The van der Waals surface area contributed by atoms with E-state index in [4.69, 9.17) is 11.6 Å². The van der Waals surface area contributed by atoms with Crippen LogP contribution in [0, 0.1) is 18.7 Å². The van der Waals surface area contributed by atoms with E-state index in [9.17, 15) is 4.39 Å². The summed E-state index contributed by atoms with van der Waals surface area (Å²) in [6.07, 6.45) is 3.61. The predicted molar refractivity (Wildman–Crippen MR) is 80.7 cm³/mol. The van der Waals surface area contributed by atoms with Gasteiger partial charge in [-0.15, -0.1) is 0 Å². The smallest absolute Gasteiger partial charge is 0.129 e. The monoisotopic (exact) mass is 296 g/mol. The Kier molecular flexibility index (Phi) is 4.29. The molecule has 2 aliphatic rings. The molecule has 1 aliphatic carbocycles. The molecule has 1 heterocycles. The van der Waals surface area contributed by atoms with Gasteiger partial charge in [0, 0.05) is 37.8 Å². The molecule has 1 aliphatic heterocycles. The van der Waals surface area contributed by atoms with E-state index >= 15 is 0 Å². The van der Waals surface area contributed by atoms with Gasteiger partial charge in [-0.25, -0.2) is 4.39 Å². The topological polar surface area (TPSA) is 15.3 Å². The highest BCUT2D eigenvalue weighted by Gasteiger charge is 2.33. The molecule has 0 unspecified atom stereocenters. The molecule has 0 amide bonds. The lowest BCUT2D eigenvalue weighted by atomic mass is 9.96. The van der Waals surface area contributed by atoms with Gasteiger partial charge in [-0.3, -0.25) is 4.90 Å². The summed E-state index contributed by atoms with van der Waals surface area (Å²) in [5.41, 5.74) is 1.69. The van der Waals surface area contributed by atoms with Gasteiger partial charge >= 0.3 is 0 Å². The molecule has 1 saturated heterocycles. The number of rotatable bonds is 4. The van der Waals surface area contributed by atoms with Crippen molar-refractivity contribution < 1.29 is 4.39 Å². The molecule has 20 heavy (non-hydrogen) atoms. The summed E-state index contributed by atoms with van der Waals surface area (Å²) in [5.74, 6) is 0.607. The Balaban J connectivity index is 1.93. The fourth-order valence-electron chi connectivity index (χ4n) is 3.10. The van der Waals surface area contributed by atoms with Crippen molar-refractivity contribution in [1.82, 2.24) is 10.2 Å². The molecule has 0 bridgehead atoms. The minimum atomic E-state index is -0.148. The van der Waals surface area contributed by atoms with Gasteiger partial charge in [0.05, 0.1) is 5.02 Å². The van der Waals surface area contributed by atoms with Crippen molar-refractivity contribution in [2.45, 2.75) is 32.2 Å². The van der Waals surface area contributed by atoms with Crippen molar-refractivity contribution >= 4 is 11.6 Å². The largest absolute Gasteiger partial charge is 0.314 e. The maximum absolute atomic E-state index is 14.4. The van der Waals surface area contributed by atoms with E-state index in [1.165, 1.54) is 12.8 Å². The number of halogens is 2. The minimum Gasteiger partial charge on any atom is -0.314 e. The van der Waals surface area contributed by atoms with Crippen molar-refractivity contribution in [3.8, 4) is 0 Å². The van der Waals surface area contributed by atoms with Crippen LogP contribution in [-0.2, 0) is 0 Å². The molecule has 3 rings (SSSR count). The third kappa shape index (κ3) is 3.00. The second kappa shape index (κ2) is 6.00. The van der Waals surface area contributed by atoms with Gasteiger partial charge in [0.25, 0.3) is 0 Å². The van der Waals surface area contributed by atoms with Crippen LogP contribution in [0.5, 0.6) is 0 Å². The Morgan fingerprint density at radius 2 is 2.05 bits per heavy atom. The van der Waals surface area contributed by atoms with E-state index in [0.29, 0.717) is 5.02 Å². The van der Waals surface area contributed by atoms with Crippen LogP contribution in [0.3, 0.4) is 0 Å². The number of hydrogen-bond acceptors (Lipinski definition) is 2. The molecular weight excluding hydrogens is 275 g/mol. The van der Waals surface area contributed by atoms with Gasteiger partial charge in [-0.2, -0.15) is 0 Å². The number of hydrogen-bond donors (Lipinski definition) is 1. The van der Waals surface area contributed by atoms with Crippen molar-refractivity contribution in [3.05, 3.63) is 34.1 Å². The molecule has 1 saturated carbocycles. The first-order valence-corrected chi connectivity index (χ1v) is 7.94. The van der Waals surface area contributed by atoms with Crippen LogP contribution in [0.25, 0.3) is 0 Å². The Morgan fingerprint density at radius 1 is 1.35 bits per heavy atom. The number of nitrogens with zero attached hydrogens (tertiary/aromatic N) is 1. The van der Waals surface area contributed by atoms with Crippen LogP contribution in [0.4, 0.5) is 4.39 Å². The summed E-state index contributed by atoms with van der Waals surface area (Å²) in [6, 6.07) is 3.48. The molecule has 4 heteroatoms. The normalized spacial score (nSPS) is 21.9. The fraction of sp³-hybridized carbons (Fsp3) is 0.625. The number of aryl methyl sites for hydroxylation is 1. The minimum absolute atomic E-state index is 0.136. The highest BCUT2D eigenvalue weighted by atomic mass is 35.5. The van der Waals surface area contributed by atoms with Crippen molar-refractivity contribution in [2.24, 2.45) is 5.92 Å². The van der Waals surface area contributed by atoms with Gasteiger partial charge in [0.1, 0.15) is 5.82 Å². The summed E-state index contributed by atoms with van der Waals surface area (Å²) >= 11 is 6.43. The maximum atomic E-state index is 14.4. The molecule has 1 N–H and O–H groups in total. The number of piperazine rings is 1. The lowest BCUT2D eigenvalue weighted by Crippen LogP contribution is -2.45. The standard InChI is InChI=1S/C16H22ClFN2/c1-11-2-5-13(18)15(16(11)17)14(10-12-3-4-12)20-8-6-19-7-9-20/h2,5,12,14,19H,3-4,6-10H2,1H3/t14-/m0/s1. The van der Waals surface area contributed by atoms with E-state index in [0.717, 1.165) is 49.6 Å². The average Bonchev–Trinajstić information content (AvgIpc) is 3.27. The molecule has 2 nitrogen and oxygen atoms in total. The number of benzene rings is 1. The van der Waals surface area contributed by atoms with Gasteiger partial charge in [-0.1, -0.05) is 30.5 Å². The molecule has 0 radical (unpaired) electrons. The fourth-order valence-corrected chi connectivity index (χ4v) is 3.38. The highest BCUT2D eigenvalue weighted by Crippen LogP contribution is 2.43. The molecule has 2 fully saturated rings. The summed E-state index contributed by atoms with van der Waals surface area (Å²) in [7, 11) is 0. The first kappa shape index (κ1) is 14.3. The van der Waals surface area contributed by atoms with Crippen LogP contribution in [0.15, 0.2) is 12.1 Å². The lowest BCUT2D eigenvalue weighted by Gasteiger charge is -2.36. The summed E-state index contributed by atoms with van der Waals surface area (Å²) in [5, 5.41) is 3.98. The van der Waals surface area contributed by atoms with E-state index in [1.807, 2.05) is 6.92 Å².